The average Bonchev–Trinajstić information content (AvgIpc) is 2.58. The van der Waals surface area contributed by atoms with E-state index in [4.69, 9.17) is 10.5 Å². The van der Waals surface area contributed by atoms with Gasteiger partial charge in [-0.15, -0.1) is 0 Å². The fourth-order valence-electron chi connectivity index (χ4n) is 3.42. The summed E-state index contributed by atoms with van der Waals surface area (Å²) in [7, 11) is 0. The van der Waals surface area contributed by atoms with Crippen molar-refractivity contribution in [1.29, 1.82) is 5.41 Å². The van der Waals surface area contributed by atoms with Gasteiger partial charge in [0.15, 0.2) is 0 Å². The average molecular weight is 430 g/mol. The number of amides is 1. The molecule has 0 aromatic carbocycles. The van der Waals surface area contributed by atoms with E-state index in [1.54, 1.807) is 0 Å². The van der Waals surface area contributed by atoms with Gasteiger partial charge in [-0.1, -0.05) is 13.8 Å². The second-order valence-corrected chi connectivity index (χ2v) is 8.03. The lowest BCUT2D eigenvalue weighted by molar-refractivity contribution is -0.138. The van der Waals surface area contributed by atoms with Crippen molar-refractivity contribution < 1.29 is 27.9 Å². The van der Waals surface area contributed by atoms with Crippen LogP contribution in [0.2, 0.25) is 0 Å². The maximum atomic E-state index is 13.6. The van der Waals surface area contributed by atoms with Crippen LogP contribution in [0.25, 0.3) is 0 Å². The number of aromatic nitrogens is 1. The number of aliphatic carboxylic acids is 1. The number of likely N-dealkylation sites (tertiary alicyclic amines) is 1. The van der Waals surface area contributed by atoms with Crippen molar-refractivity contribution in [2.75, 3.05) is 26.2 Å². The Balaban J connectivity index is 2.36. The first kappa shape index (κ1) is 23.9. The van der Waals surface area contributed by atoms with E-state index in [9.17, 15) is 22.8 Å². The molecule has 2 rings (SSSR count). The van der Waals surface area contributed by atoms with Gasteiger partial charge in [0, 0.05) is 19.3 Å². The summed E-state index contributed by atoms with van der Waals surface area (Å²) in [6.07, 6.45) is -2.06. The van der Waals surface area contributed by atoms with Crippen molar-refractivity contribution in [2.45, 2.75) is 51.7 Å². The summed E-state index contributed by atoms with van der Waals surface area (Å²) in [5.74, 6) is -1.52. The van der Waals surface area contributed by atoms with Gasteiger partial charge >= 0.3 is 12.1 Å². The number of carbonyl (C=O) groups excluding carboxylic acids is 1. The largest absolute Gasteiger partial charge is 0.481 e. The van der Waals surface area contributed by atoms with Gasteiger partial charge in [-0.25, -0.2) is 0 Å². The molecule has 1 unspecified atom stereocenters. The molecule has 1 aliphatic rings. The summed E-state index contributed by atoms with van der Waals surface area (Å²) in [6.45, 7) is 5.87. The lowest BCUT2D eigenvalue weighted by atomic mass is 10.0. The van der Waals surface area contributed by atoms with E-state index in [0.717, 1.165) is 25.6 Å². The minimum absolute atomic E-state index is 0.0407. The van der Waals surface area contributed by atoms with E-state index in [1.807, 2.05) is 13.8 Å². The quantitative estimate of drug-likeness (QED) is 0.531. The van der Waals surface area contributed by atoms with Crippen LogP contribution in [0.5, 0.6) is 0 Å². The molecule has 10 heteroatoms. The Morgan fingerprint density at radius 1 is 1.30 bits per heavy atom. The summed E-state index contributed by atoms with van der Waals surface area (Å²) in [4.78, 5) is 25.4. The topological polar surface area (TPSA) is 98.4 Å². The van der Waals surface area contributed by atoms with E-state index in [0.29, 0.717) is 13.0 Å². The Morgan fingerprint density at radius 2 is 1.97 bits per heavy atom. The molecule has 1 aromatic heterocycles. The second-order valence-electron chi connectivity index (χ2n) is 8.03. The molecule has 7 nitrogen and oxygen atoms in total. The number of nitrogens with zero attached hydrogens (tertiary/aromatic N) is 2. The van der Waals surface area contributed by atoms with E-state index < -0.39 is 35.1 Å². The van der Waals surface area contributed by atoms with Gasteiger partial charge in [-0.2, -0.15) is 13.2 Å². The predicted molar refractivity (Wildman–Crippen MR) is 104 cm³/mol. The first-order valence-corrected chi connectivity index (χ1v) is 10.1. The van der Waals surface area contributed by atoms with Gasteiger partial charge in [0.2, 0.25) is 5.91 Å². The minimum atomic E-state index is -4.59. The normalized spacial score (nSPS) is 15.7. The number of hydrogen-bond acceptors (Lipinski definition) is 4. The van der Waals surface area contributed by atoms with Gasteiger partial charge in [0.25, 0.3) is 0 Å². The van der Waals surface area contributed by atoms with E-state index in [2.05, 4.69) is 10.2 Å². The van der Waals surface area contributed by atoms with E-state index >= 15 is 0 Å². The molecule has 0 bridgehead atoms. The van der Waals surface area contributed by atoms with Crippen LogP contribution in [0.1, 0.15) is 50.3 Å². The summed E-state index contributed by atoms with van der Waals surface area (Å²) < 4.78 is 41.9. The van der Waals surface area contributed by atoms with Gasteiger partial charge < -0.3 is 19.9 Å². The number of carboxylic acids is 1. The second kappa shape index (κ2) is 10.1. The van der Waals surface area contributed by atoms with Crippen LogP contribution < -0.4 is 10.8 Å². The number of carbonyl (C=O) groups is 2. The predicted octanol–water partition coefficient (Wildman–Crippen LogP) is 2.41. The number of nitrogens with one attached hydrogen (secondary N) is 2. The molecule has 30 heavy (non-hydrogen) atoms. The van der Waals surface area contributed by atoms with Gasteiger partial charge in [0.05, 0.1) is 12.0 Å². The van der Waals surface area contributed by atoms with Gasteiger partial charge in [0.1, 0.15) is 11.5 Å². The van der Waals surface area contributed by atoms with Crippen molar-refractivity contribution in [3.05, 3.63) is 28.9 Å². The highest BCUT2D eigenvalue weighted by molar-refractivity contribution is 5.80. The maximum Gasteiger partial charge on any atom is 0.416 e. The van der Waals surface area contributed by atoms with Crippen LogP contribution in [-0.2, 0) is 22.2 Å². The third-order valence-corrected chi connectivity index (χ3v) is 5.12. The fraction of sp³-hybridized carbons (Fsp3) is 0.650. The Labute approximate surface area is 173 Å². The Morgan fingerprint density at radius 3 is 2.47 bits per heavy atom. The van der Waals surface area contributed by atoms with Crippen LogP contribution in [0.4, 0.5) is 13.2 Å². The summed E-state index contributed by atoms with van der Waals surface area (Å²) in [5, 5.41) is 19.4. The Hall–Kier alpha value is -2.36. The van der Waals surface area contributed by atoms with Crippen molar-refractivity contribution in [3.8, 4) is 0 Å². The lowest BCUT2D eigenvalue weighted by Gasteiger charge is -2.31. The highest BCUT2D eigenvalue weighted by Crippen LogP contribution is 2.32. The molecule has 168 valence electrons. The van der Waals surface area contributed by atoms with Crippen LogP contribution in [0.3, 0.4) is 0 Å². The SMILES string of the molecule is CC(C)CC(C(=O)NCCC(=O)O)n1cc(CCN2CCC2)c(C(F)(F)F)cc1=N. The minimum Gasteiger partial charge on any atom is -0.481 e. The molecular weight excluding hydrogens is 401 g/mol. The van der Waals surface area contributed by atoms with Crippen molar-refractivity contribution in [2.24, 2.45) is 5.92 Å². The maximum absolute atomic E-state index is 13.6. The van der Waals surface area contributed by atoms with Gasteiger partial charge in [-0.05, 0) is 49.9 Å². The van der Waals surface area contributed by atoms with Gasteiger partial charge in [-0.3, -0.25) is 15.0 Å². The van der Waals surface area contributed by atoms with E-state index in [-0.39, 0.29) is 30.9 Å². The molecule has 1 amide bonds. The Kier molecular flexibility index (Phi) is 8.05. The molecule has 3 N–H and O–H groups in total. The molecule has 1 aromatic rings. The number of rotatable bonds is 10. The highest BCUT2D eigenvalue weighted by atomic mass is 19.4. The fourth-order valence-corrected chi connectivity index (χ4v) is 3.42. The summed E-state index contributed by atoms with van der Waals surface area (Å²) in [5.41, 5.74) is -1.20. The van der Waals surface area contributed by atoms with Crippen molar-refractivity contribution in [1.82, 2.24) is 14.8 Å². The molecule has 2 heterocycles. The third kappa shape index (κ3) is 6.58. The van der Waals surface area contributed by atoms with Crippen LogP contribution >= 0.6 is 0 Å². The molecule has 0 spiro atoms. The monoisotopic (exact) mass is 430 g/mol. The van der Waals surface area contributed by atoms with Crippen molar-refractivity contribution in [3.63, 3.8) is 0 Å². The standard InChI is InChI=1S/C20H29F3N4O3/c1-13(2)10-16(19(30)25-6-4-18(28)29)27-12-14(5-9-26-7-3-8-26)15(11-17(27)24)20(21,22)23/h11-13,16,24H,3-10H2,1-2H3,(H,25,30)(H,28,29). The van der Waals surface area contributed by atoms with Crippen molar-refractivity contribution >= 4 is 11.9 Å². The molecule has 0 radical (unpaired) electrons. The number of pyridine rings is 1. The zero-order valence-electron chi connectivity index (χ0n) is 17.3. The summed E-state index contributed by atoms with van der Waals surface area (Å²) in [6, 6.07) is -0.111. The smallest absolute Gasteiger partial charge is 0.416 e. The number of halogens is 3. The molecule has 1 aliphatic heterocycles. The lowest BCUT2D eigenvalue weighted by Crippen LogP contribution is -2.40. The molecule has 1 fully saturated rings. The molecule has 0 aliphatic carbocycles. The molecule has 1 atom stereocenters. The third-order valence-electron chi connectivity index (χ3n) is 5.12. The van der Waals surface area contributed by atoms with Crippen LogP contribution in [0, 0.1) is 11.3 Å². The first-order valence-electron chi connectivity index (χ1n) is 10.1. The highest BCUT2D eigenvalue weighted by Gasteiger charge is 2.35. The van der Waals surface area contributed by atoms with Crippen LogP contribution in [-0.4, -0.2) is 52.6 Å². The molecule has 0 saturated carbocycles. The number of alkyl halides is 3. The summed E-state index contributed by atoms with van der Waals surface area (Å²) >= 11 is 0. The molecule has 1 saturated heterocycles. The number of carboxylic acid groups (broad SMARTS) is 1. The Bertz CT molecular complexity index is 816. The van der Waals surface area contributed by atoms with E-state index in [1.165, 1.54) is 10.8 Å². The zero-order valence-corrected chi connectivity index (χ0v) is 17.3. The first-order chi connectivity index (χ1) is 14.0. The number of hydrogen-bond donors (Lipinski definition) is 3. The molecular formula is C20H29F3N4O3. The zero-order chi connectivity index (χ0) is 22.5. The van der Waals surface area contributed by atoms with Crippen LogP contribution in [0.15, 0.2) is 12.3 Å².